The summed E-state index contributed by atoms with van der Waals surface area (Å²) in [6.45, 7) is 4.33. The van der Waals surface area contributed by atoms with Gasteiger partial charge in [0.1, 0.15) is 0 Å². The lowest BCUT2D eigenvalue weighted by molar-refractivity contribution is 0.112. The van der Waals surface area contributed by atoms with Gasteiger partial charge in [-0.2, -0.15) is 0 Å². The van der Waals surface area contributed by atoms with Crippen LogP contribution in [-0.2, 0) is 0 Å². The molecule has 1 unspecified atom stereocenters. The van der Waals surface area contributed by atoms with Gasteiger partial charge in [0.25, 0.3) is 0 Å². The Kier molecular flexibility index (Phi) is 4.03. The fourth-order valence-corrected chi connectivity index (χ4v) is 1.99. The molecule has 70 valence electrons. The molecule has 0 fully saturated rings. The molecule has 0 saturated heterocycles. The van der Waals surface area contributed by atoms with Crippen LogP contribution in [0.25, 0.3) is 0 Å². The summed E-state index contributed by atoms with van der Waals surface area (Å²) < 4.78 is 0. The molecule has 2 heteroatoms. The second-order valence-corrected chi connectivity index (χ2v) is 4.47. The topological polar surface area (TPSA) is 17.1 Å². The molecular formula is C11H14OS. The van der Waals surface area contributed by atoms with Gasteiger partial charge in [-0.15, -0.1) is 11.8 Å². The summed E-state index contributed by atoms with van der Waals surface area (Å²) in [5.74, 6) is 0. The predicted molar refractivity (Wildman–Crippen MR) is 57.4 cm³/mol. The van der Waals surface area contributed by atoms with E-state index in [9.17, 15) is 4.79 Å². The molecule has 0 aliphatic carbocycles. The van der Waals surface area contributed by atoms with E-state index in [1.54, 1.807) is 11.8 Å². The molecule has 1 aromatic carbocycles. The normalized spacial score (nSPS) is 12.5. The first-order valence-corrected chi connectivity index (χ1v) is 5.36. The summed E-state index contributed by atoms with van der Waals surface area (Å²) in [5.41, 5.74) is 0.799. The van der Waals surface area contributed by atoms with E-state index in [2.05, 4.69) is 13.8 Å². The van der Waals surface area contributed by atoms with E-state index in [-0.39, 0.29) is 0 Å². The molecule has 0 spiro atoms. The molecule has 0 aromatic heterocycles. The van der Waals surface area contributed by atoms with Crippen molar-refractivity contribution < 1.29 is 4.79 Å². The van der Waals surface area contributed by atoms with Crippen molar-refractivity contribution in [3.8, 4) is 0 Å². The van der Waals surface area contributed by atoms with Gasteiger partial charge in [0.05, 0.1) is 0 Å². The van der Waals surface area contributed by atoms with Crippen molar-refractivity contribution in [1.82, 2.24) is 0 Å². The number of carbonyl (C=O) groups is 1. The SMILES string of the molecule is CCC(C)Sc1ccccc1C=O. The van der Waals surface area contributed by atoms with Crippen molar-refractivity contribution in [2.45, 2.75) is 30.4 Å². The van der Waals surface area contributed by atoms with Crippen LogP contribution in [0.2, 0.25) is 0 Å². The highest BCUT2D eigenvalue weighted by Crippen LogP contribution is 2.27. The van der Waals surface area contributed by atoms with Crippen molar-refractivity contribution in [1.29, 1.82) is 0 Å². The Morgan fingerprint density at radius 3 is 2.77 bits per heavy atom. The zero-order chi connectivity index (χ0) is 9.68. The van der Waals surface area contributed by atoms with E-state index in [0.717, 1.165) is 23.2 Å². The lowest BCUT2D eigenvalue weighted by atomic mass is 10.2. The largest absolute Gasteiger partial charge is 0.298 e. The van der Waals surface area contributed by atoms with Gasteiger partial charge in [-0.3, -0.25) is 4.79 Å². The number of carbonyl (C=O) groups excluding carboxylic acids is 1. The van der Waals surface area contributed by atoms with Crippen molar-refractivity contribution in [3.05, 3.63) is 29.8 Å². The molecular weight excluding hydrogens is 180 g/mol. The zero-order valence-corrected chi connectivity index (χ0v) is 8.80. The van der Waals surface area contributed by atoms with Gasteiger partial charge in [-0.1, -0.05) is 32.0 Å². The van der Waals surface area contributed by atoms with Crippen LogP contribution in [0.1, 0.15) is 30.6 Å². The zero-order valence-electron chi connectivity index (χ0n) is 7.99. The molecule has 1 rings (SSSR count). The molecule has 1 aromatic rings. The van der Waals surface area contributed by atoms with E-state index in [0.29, 0.717) is 5.25 Å². The van der Waals surface area contributed by atoms with E-state index >= 15 is 0 Å². The van der Waals surface area contributed by atoms with Crippen molar-refractivity contribution in [3.63, 3.8) is 0 Å². The third-order valence-corrected chi connectivity index (χ3v) is 3.31. The van der Waals surface area contributed by atoms with E-state index in [1.807, 2.05) is 24.3 Å². The Labute approximate surface area is 83.5 Å². The third kappa shape index (κ3) is 2.88. The lowest BCUT2D eigenvalue weighted by Crippen LogP contribution is -1.94. The third-order valence-electron chi connectivity index (χ3n) is 1.95. The summed E-state index contributed by atoms with van der Waals surface area (Å²) >= 11 is 1.76. The first-order chi connectivity index (χ1) is 6.27. The van der Waals surface area contributed by atoms with E-state index < -0.39 is 0 Å². The molecule has 0 aliphatic heterocycles. The molecule has 0 saturated carbocycles. The fourth-order valence-electron chi connectivity index (χ4n) is 0.985. The van der Waals surface area contributed by atoms with Gasteiger partial charge in [0.15, 0.2) is 6.29 Å². The fraction of sp³-hybridized carbons (Fsp3) is 0.364. The van der Waals surface area contributed by atoms with Gasteiger partial charge in [-0.25, -0.2) is 0 Å². The maximum absolute atomic E-state index is 10.7. The first-order valence-electron chi connectivity index (χ1n) is 4.48. The average molecular weight is 194 g/mol. The van der Waals surface area contributed by atoms with Crippen molar-refractivity contribution in [2.75, 3.05) is 0 Å². The summed E-state index contributed by atoms with van der Waals surface area (Å²) in [7, 11) is 0. The van der Waals surface area contributed by atoms with Gasteiger partial charge in [0.2, 0.25) is 0 Å². The number of thioether (sulfide) groups is 1. The monoisotopic (exact) mass is 194 g/mol. The van der Waals surface area contributed by atoms with Gasteiger partial charge in [-0.05, 0) is 12.5 Å². The van der Waals surface area contributed by atoms with Crippen LogP contribution in [0.3, 0.4) is 0 Å². The molecule has 0 aliphatic rings. The predicted octanol–water partition coefficient (Wildman–Crippen LogP) is 3.39. The highest BCUT2D eigenvalue weighted by atomic mass is 32.2. The Bertz CT molecular complexity index is 283. The number of hydrogen-bond donors (Lipinski definition) is 0. The molecule has 0 bridgehead atoms. The maximum atomic E-state index is 10.7. The highest BCUT2D eigenvalue weighted by Gasteiger charge is 2.05. The van der Waals surface area contributed by atoms with Gasteiger partial charge in [0, 0.05) is 15.7 Å². The number of rotatable bonds is 4. The molecule has 0 N–H and O–H groups in total. The minimum absolute atomic E-state index is 0.570. The number of benzene rings is 1. The molecule has 1 atom stereocenters. The minimum Gasteiger partial charge on any atom is -0.298 e. The van der Waals surface area contributed by atoms with E-state index in [1.165, 1.54) is 0 Å². The summed E-state index contributed by atoms with van der Waals surface area (Å²) in [4.78, 5) is 11.8. The Hall–Kier alpha value is -0.760. The van der Waals surface area contributed by atoms with E-state index in [4.69, 9.17) is 0 Å². The van der Waals surface area contributed by atoms with Gasteiger partial charge >= 0.3 is 0 Å². The van der Waals surface area contributed by atoms with Crippen LogP contribution in [0.15, 0.2) is 29.2 Å². The Balaban J connectivity index is 2.80. The van der Waals surface area contributed by atoms with Crippen LogP contribution in [0.5, 0.6) is 0 Å². The molecule has 0 radical (unpaired) electrons. The Morgan fingerprint density at radius 2 is 2.15 bits per heavy atom. The average Bonchev–Trinajstić information content (AvgIpc) is 2.18. The first kappa shape index (κ1) is 10.3. The quantitative estimate of drug-likeness (QED) is 0.540. The second-order valence-electron chi connectivity index (χ2n) is 2.99. The molecule has 1 nitrogen and oxygen atoms in total. The highest BCUT2D eigenvalue weighted by molar-refractivity contribution is 8.00. The van der Waals surface area contributed by atoms with Crippen LogP contribution in [0.4, 0.5) is 0 Å². The standard InChI is InChI=1S/C11H14OS/c1-3-9(2)13-11-7-5-4-6-10(11)8-12/h4-9H,3H2,1-2H3. The summed E-state index contributed by atoms with van der Waals surface area (Å²) in [6, 6.07) is 7.72. The van der Waals surface area contributed by atoms with Crippen LogP contribution < -0.4 is 0 Å². The van der Waals surface area contributed by atoms with Gasteiger partial charge < -0.3 is 0 Å². The van der Waals surface area contributed by atoms with Crippen molar-refractivity contribution in [2.24, 2.45) is 0 Å². The second kappa shape index (κ2) is 5.07. The smallest absolute Gasteiger partial charge is 0.151 e. The summed E-state index contributed by atoms with van der Waals surface area (Å²) in [6.07, 6.45) is 2.04. The Morgan fingerprint density at radius 1 is 1.46 bits per heavy atom. The van der Waals surface area contributed by atoms with Crippen LogP contribution in [-0.4, -0.2) is 11.5 Å². The molecule has 0 heterocycles. The van der Waals surface area contributed by atoms with Crippen LogP contribution in [0, 0.1) is 0 Å². The number of hydrogen-bond acceptors (Lipinski definition) is 2. The minimum atomic E-state index is 0.570. The molecule has 13 heavy (non-hydrogen) atoms. The summed E-state index contributed by atoms with van der Waals surface area (Å²) in [5, 5.41) is 0.570. The molecule has 0 amide bonds. The maximum Gasteiger partial charge on any atom is 0.151 e. The van der Waals surface area contributed by atoms with Crippen molar-refractivity contribution >= 4 is 18.0 Å². The number of aldehydes is 1. The van der Waals surface area contributed by atoms with Crippen LogP contribution >= 0.6 is 11.8 Å². The lowest BCUT2D eigenvalue weighted by Gasteiger charge is -2.09.